The molecule has 1 aliphatic carbocycles. The summed E-state index contributed by atoms with van der Waals surface area (Å²) < 4.78 is 0. The van der Waals surface area contributed by atoms with E-state index in [1.54, 1.807) is 0 Å². The molecule has 0 bridgehead atoms. The largest absolute Gasteiger partial charge is 0.350 e. The van der Waals surface area contributed by atoms with Crippen LogP contribution >= 0.6 is 0 Å². The zero-order valence-electron chi connectivity index (χ0n) is 13.4. The SMILES string of the molecule is CC1CC(NC(=O)C2(N)CCCC2)CN1Cc1ccccc1. The lowest BCUT2D eigenvalue weighted by Gasteiger charge is -2.25. The van der Waals surface area contributed by atoms with Crippen LogP contribution in [0.5, 0.6) is 0 Å². The van der Waals surface area contributed by atoms with Crippen LogP contribution in [0, 0.1) is 0 Å². The average Bonchev–Trinajstić information content (AvgIpc) is 3.08. The number of nitrogens with two attached hydrogens (primary N) is 1. The van der Waals surface area contributed by atoms with Crippen LogP contribution in [0.1, 0.15) is 44.6 Å². The molecule has 4 heteroatoms. The Kier molecular flexibility index (Phi) is 4.50. The standard InChI is InChI=1S/C18H27N3O/c1-14-11-16(20-17(22)18(19)9-5-6-10-18)13-21(14)12-15-7-3-2-4-8-15/h2-4,7-8,14,16H,5-6,9-13,19H2,1H3,(H,20,22). The number of nitrogens with one attached hydrogen (secondary N) is 1. The van der Waals surface area contributed by atoms with E-state index in [2.05, 4.69) is 41.4 Å². The molecule has 0 spiro atoms. The van der Waals surface area contributed by atoms with E-state index in [-0.39, 0.29) is 11.9 Å². The second-order valence-electron chi connectivity index (χ2n) is 7.03. The number of hydrogen-bond acceptors (Lipinski definition) is 3. The molecule has 1 saturated carbocycles. The second-order valence-corrected chi connectivity index (χ2v) is 7.03. The molecule has 1 aromatic rings. The number of carbonyl (C=O) groups is 1. The Morgan fingerprint density at radius 2 is 2.00 bits per heavy atom. The number of likely N-dealkylation sites (tertiary alicyclic amines) is 1. The van der Waals surface area contributed by atoms with Crippen molar-refractivity contribution in [1.82, 2.24) is 10.2 Å². The fourth-order valence-electron chi connectivity index (χ4n) is 3.80. The smallest absolute Gasteiger partial charge is 0.240 e. The normalized spacial score (nSPS) is 27.9. The maximum Gasteiger partial charge on any atom is 0.240 e. The molecular weight excluding hydrogens is 274 g/mol. The highest BCUT2D eigenvalue weighted by atomic mass is 16.2. The molecule has 1 aliphatic heterocycles. The molecule has 2 atom stereocenters. The number of rotatable bonds is 4. The molecule has 2 fully saturated rings. The van der Waals surface area contributed by atoms with Crippen LogP contribution in [0.2, 0.25) is 0 Å². The average molecular weight is 301 g/mol. The van der Waals surface area contributed by atoms with Crippen LogP contribution in [0.3, 0.4) is 0 Å². The molecular formula is C18H27N3O. The maximum absolute atomic E-state index is 12.4. The van der Waals surface area contributed by atoms with Crippen molar-refractivity contribution < 1.29 is 4.79 Å². The van der Waals surface area contributed by atoms with Gasteiger partial charge in [-0.3, -0.25) is 9.69 Å². The Hall–Kier alpha value is -1.39. The minimum Gasteiger partial charge on any atom is -0.350 e. The Labute approximate surface area is 133 Å². The third-order valence-corrected chi connectivity index (χ3v) is 5.22. The molecule has 0 aromatic heterocycles. The van der Waals surface area contributed by atoms with E-state index in [9.17, 15) is 4.79 Å². The predicted molar refractivity (Wildman–Crippen MR) is 88.2 cm³/mol. The molecule has 1 saturated heterocycles. The minimum absolute atomic E-state index is 0.0590. The van der Waals surface area contributed by atoms with E-state index in [0.717, 1.165) is 45.2 Å². The molecule has 22 heavy (non-hydrogen) atoms. The quantitative estimate of drug-likeness (QED) is 0.895. The van der Waals surface area contributed by atoms with Gasteiger partial charge in [0.2, 0.25) is 5.91 Å². The zero-order chi connectivity index (χ0) is 15.6. The van der Waals surface area contributed by atoms with Gasteiger partial charge in [0.1, 0.15) is 0 Å². The van der Waals surface area contributed by atoms with Crippen molar-refractivity contribution in [2.75, 3.05) is 6.54 Å². The van der Waals surface area contributed by atoms with Crippen molar-refractivity contribution in [3.8, 4) is 0 Å². The molecule has 3 rings (SSSR count). The molecule has 0 radical (unpaired) electrons. The summed E-state index contributed by atoms with van der Waals surface area (Å²) >= 11 is 0. The number of hydrogen-bond donors (Lipinski definition) is 2. The summed E-state index contributed by atoms with van der Waals surface area (Å²) in [5.41, 5.74) is 6.96. The molecule has 1 heterocycles. The topological polar surface area (TPSA) is 58.4 Å². The van der Waals surface area contributed by atoms with Gasteiger partial charge >= 0.3 is 0 Å². The van der Waals surface area contributed by atoms with Crippen molar-refractivity contribution in [1.29, 1.82) is 0 Å². The first kappa shape index (κ1) is 15.5. The van der Waals surface area contributed by atoms with Gasteiger partial charge < -0.3 is 11.1 Å². The molecule has 120 valence electrons. The Morgan fingerprint density at radius 3 is 2.68 bits per heavy atom. The van der Waals surface area contributed by atoms with E-state index in [0.29, 0.717) is 6.04 Å². The minimum atomic E-state index is -0.615. The molecule has 2 unspecified atom stereocenters. The van der Waals surface area contributed by atoms with Crippen LogP contribution < -0.4 is 11.1 Å². The van der Waals surface area contributed by atoms with Crippen molar-refractivity contribution in [2.24, 2.45) is 5.73 Å². The second kappa shape index (κ2) is 6.39. The van der Waals surface area contributed by atoms with Crippen LogP contribution in [0.15, 0.2) is 30.3 Å². The van der Waals surface area contributed by atoms with Gasteiger partial charge in [-0.1, -0.05) is 43.2 Å². The Morgan fingerprint density at radius 1 is 1.32 bits per heavy atom. The first-order valence-corrected chi connectivity index (χ1v) is 8.45. The van der Waals surface area contributed by atoms with Crippen LogP contribution in [0.25, 0.3) is 0 Å². The Balaban J connectivity index is 1.55. The molecule has 1 amide bonds. The first-order chi connectivity index (χ1) is 10.6. The molecule has 1 aromatic carbocycles. The monoisotopic (exact) mass is 301 g/mol. The zero-order valence-corrected chi connectivity index (χ0v) is 13.4. The highest BCUT2D eigenvalue weighted by Gasteiger charge is 2.39. The fraction of sp³-hybridized carbons (Fsp3) is 0.611. The van der Waals surface area contributed by atoms with Crippen LogP contribution in [-0.4, -0.2) is 35.0 Å². The molecule has 2 aliphatic rings. The first-order valence-electron chi connectivity index (χ1n) is 8.45. The van der Waals surface area contributed by atoms with Gasteiger partial charge in [0.05, 0.1) is 5.54 Å². The van der Waals surface area contributed by atoms with Crippen molar-refractivity contribution in [3.63, 3.8) is 0 Å². The summed E-state index contributed by atoms with van der Waals surface area (Å²) in [5.74, 6) is 0.0590. The van der Waals surface area contributed by atoms with E-state index in [4.69, 9.17) is 5.73 Å². The lowest BCUT2D eigenvalue weighted by molar-refractivity contribution is -0.126. The summed E-state index contributed by atoms with van der Waals surface area (Å²) in [7, 11) is 0. The molecule has 3 N–H and O–H groups in total. The highest BCUT2D eigenvalue weighted by Crippen LogP contribution is 2.28. The van der Waals surface area contributed by atoms with Gasteiger partial charge in [-0.25, -0.2) is 0 Å². The van der Waals surface area contributed by atoms with Crippen molar-refractivity contribution >= 4 is 5.91 Å². The van der Waals surface area contributed by atoms with E-state index >= 15 is 0 Å². The van der Waals surface area contributed by atoms with Crippen LogP contribution in [-0.2, 0) is 11.3 Å². The van der Waals surface area contributed by atoms with Crippen molar-refractivity contribution in [2.45, 2.75) is 63.2 Å². The molecule has 4 nitrogen and oxygen atoms in total. The summed E-state index contributed by atoms with van der Waals surface area (Å²) in [6.07, 6.45) is 4.81. The summed E-state index contributed by atoms with van der Waals surface area (Å²) in [6, 6.07) is 11.2. The number of amides is 1. The highest BCUT2D eigenvalue weighted by molar-refractivity contribution is 5.86. The van der Waals surface area contributed by atoms with Crippen LogP contribution in [0.4, 0.5) is 0 Å². The van der Waals surface area contributed by atoms with E-state index < -0.39 is 5.54 Å². The maximum atomic E-state index is 12.4. The van der Waals surface area contributed by atoms with Gasteiger partial charge in [0, 0.05) is 25.2 Å². The van der Waals surface area contributed by atoms with Crippen molar-refractivity contribution in [3.05, 3.63) is 35.9 Å². The predicted octanol–water partition coefficient (Wildman–Crippen LogP) is 2.04. The van der Waals surface area contributed by atoms with Gasteiger partial charge in [0.15, 0.2) is 0 Å². The van der Waals surface area contributed by atoms with E-state index in [1.165, 1.54) is 5.56 Å². The Bertz CT molecular complexity index is 510. The summed E-state index contributed by atoms with van der Waals surface area (Å²) in [5, 5.41) is 3.20. The van der Waals surface area contributed by atoms with Gasteiger partial charge in [-0.2, -0.15) is 0 Å². The lowest BCUT2D eigenvalue weighted by Crippen LogP contribution is -2.54. The number of benzene rings is 1. The number of carbonyl (C=O) groups excluding carboxylic acids is 1. The summed E-state index contributed by atoms with van der Waals surface area (Å²) in [4.78, 5) is 14.9. The third-order valence-electron chi connectivity index (χ3n) is 5.22. The number of nitrogens with zero attached hydrogens (tertiary/aromatic N) is 1. The lowest BCUT2D eigenvalue weighted by atomic mass is 9.97. The third kappa shape index (κ3) is 3.33. The van der Waals surface area contributed by atoms with Gasteiger partial charge in [0.25, 0.3) is 0 Å². The van der Waals surface area contributed by atoms with Gasteiger partial charge in [-0.05, 0) is 31.7 Å². The van der Waals surface area contributed by atoms with Gasteiger partial charge in [-0.15, -0.1) is 0 Å². The summed E-state index contributed by atoms with van der Waals surface area (Å²) in [6.45, 7) is 4.10. The fourth-order valence-corrected chi connectivity index (χ4v) is 3.80. The van der Waals surface area contributed by atoms with E-state index in [1.807, 2.05) is 6.07 Å².